The van der Waals surface area contributed by atoms with Crippen molar-refractivity contribution in [3.63, 3.8) is 0 Å². The molecule has 0 aliphatic carbocycles. The summed E-state index contributed by atoms with van der Waals surface area (Å²) >= 11 is 0. The van der Waals surface area contributed by atoms with Crippen LogP contribution >= 0.6 is 0 Å². The molecule has 5 amide bonds. The van der Waals surface area contributed by atoms with Crippen LogP contribution in [0.4, 0.5) is 0 Å². The number of carbonyl (C=O) groups is 5. The van der Waals surface area contributed by atoms with Crippen molar-refractivity contribution in [2.45, 2.75) is 83.7 Å². The van der Waals surface area contributed by atoms with Crippen molar-refractivity contribution in [3.05, 3.63) is 29.8 Å². The van der Waals surface area contributed by atoms with Gasteiger partial charge in [-0.15, -0.1) is 0 Å². The summed E-state index contributed by atoms with van der Waals surface area (Å²) in [6.45, 7) is 5.01. The molecule has 11 heteroatoms. The molecule has 0 radical (unpaired) electrons. The van der Waals surface area contributed by atoms with Crippen molar-refractivity contribution in [1.29, 1.82) is 0 Å². The molecule has 2 heterocycles. The monoisotopic (exact) mass is 571 g/mol. The number of para-hydroxylation sites is 1. The Labute approximate surface area is 242 Å². The van der Waals surface area contributed by atoms with Gasteiger partial charge in [0.2, 0.25) is 17.7 Å². The normalized spacial score (nSPS) is 23.1. The zero-order valence-electron chi connectivity index (χ0n) is 24.3. The predicted molar refractivity (Wildman–Crippen MR) is 154 cm³/mol. The summed E-state index contributed by atoms with van der Waals surface area (Å²) in [6.07, 6.45) is 7.25. The molecular weight excluding hydrogens is 526 g/mol. The summed E-state index contributed by atoms with van der Waals surface area (Å²) in [6, 6.07) is 5.05. The molecule has 1 aromatic rings. The van der Waals surface area contributed by atoms with Crippen LogP contribution < -0.4 is 26.0 Å². The van der Waals surface area contributed by atoms with Crippen LogP contribution in [-0.2, 0) is 19.2 Å². The van der Waals surface area contributed by atoms with Crippen LogP contribution in [0.5, 0.6) is 5.75 Å². The minimum atomic E-state index is -0.856. The van der Waals surface area contributed by atoms with Crippen molar-refractivity contribution in [2.24, 2.45) is 5.92 Å². The first-order chi connectivity index (χ1) is 19.8. The number of fused-ring (bicyclic) bond motifs is 2. The fourth-order valence-corrected chi connectivity index (χ4v) is 5.17. The van der Waals surface area contributed by atoms with Gasteiger partial charge in [-0.3, -0.25) is 24.0 Å². The third-order valence-electron chi connectivity index (χ3n) is 7.31. The average Bonchev–Trinajstić information content (AvgIpc) is 3.44. The Morgan fingerprint density at radius 2 is 1.51 bits per heavy atom. The van der Waals surface area contributed by atoms with E-state index in [4.69, 9.17) is 4.74 Å². The van der Waals surface area contributed by atoms with E-state index in [2.05, 4.69) is 21.3 Å². The molecule has 0 aromatic heterocycles. The molecule has 0 spiro atoms. The fraction of sp³-hybridized carbons (Fsp3) is 0.633. The van der Waals surface area contributed by atoms with E-state index in [1.54, 1.807) is 24.3 Å². The third kappa shape index (κ3) is 10.4. The Hall–Kier alpha value is -3.63. The number of rotatable bonds is 2. The van der Waals surface area contributed by atoms with E-state index >= 15 is 0 Å². The molecule has 1 saturated heterocycles. The van der Waals surface area contributed by atoms with E-state index in [0.29, 0.717) is 38.9 Å². The number of benzene rings is 1. The van der Waals surface area contributed by atoms with E-state index in [1.807, 2.05) is 13.8 Å². The number of hydrogen-bond donors (Lipinski definition) is 4. The zero-order valence-corrected chi connectivity index (χ0v) is 24.3. The van der Waals surface area contributed by atoms with E-state index < -0.39 is 18.0 Å². The van der Waals surface area contributed by atoms with Crippen LogP contribution in [0.1, 0.15) is 82.0 Å². The number of hydrogen-bond acceptors (Lipinski definition) is 6. The lowest BCUT2D eigenvalue weighted by molar-refractivity contribution is -0.140. The molecule has 226 valence electrons. The molecule has 0 bridgehead atoms. The minimum Gasteiger partial charge on any atom is -0.483 e. The average molecular weight is 572 g/mol. The number of carbonyl (C=O) groups excluding carboxylic acids is 5. The maximum Gasteiger partial charge on any atom is 0.257 e. The van der Waals surface area contributed by atoms with Gasteiger partial charge in [0.05, 0.1) is 12.1 Å². The molecule has 2 aliphatic heterocycles. The van der Waals surface area contributed by atoms with E-state index in [1.165, 1.54) is 4.90 Å². The summed E-state index contributed by atoms with van der Waals surface area (Å²) in [5.41, 5.74) is 0.217. The molecule has 1 aromatic carbocycles. The van der Waals surface area contributed by atoms with Crippen LogP contribution in [0.15, 0.2) is 24.3 Å². The Kier molecular flexibility index (Phi) is 12.9. The van der Waals surface area contributed by atoms with E-state index in [9.17, 15) is 24.0 Å². The molecule has 2 aliphatic rings. The van der Waals surface area contributed by atoms with Gasteiger partial charge in [0.1, 0.15) is 17.8 Å². The predicted octanol–water partition coefficient (Wildman–Crippen LogP) is 1.90. The fourth-order valence-electron chi connectivity index (χ4n) is 5.17. The first kappa shape index (κ1) is 31.9. The third-order valence-corrected chi connectivity index (χ3v) is 7.31. The van der Waals surface area contributed by atoms with Gasteiger partial charge in [-0.05, 0) is 50.2 Å². The van der Waals surface area contributed by atoms with E-state index in [0.717, 1.165) is 38.5 Å². The second-order valence-electron chi connectivity index (χ2n) is 11.2. The van der Waals surface area contributed by atoms with E-state index in [-0.39, 0.29) is 54.0 Å². The van der Waals surface area contributed by atoms with Gasteiger partial charge >= 0.3 is 0 Å². The first-order valence-corrected chi connectivity index (χ1v) is 14.9. The standard InChI is InChI=1S/C30H45N5O6/c1-21(2)18-23-30(40)35-17-11-13-24(35)29(39)33-19-26(36)31-15-9-5-3-4-6-10-16-32-27(37)20-41-25-14-8-7-12-22(25)28(38)34-23/h7-8,12,14,21,23-24H,3-6,9-11,13,15-20H2,1-2H3,(H,31,36)(H,32,37)(H,33,39)(H,34,38)/t23-,24-/m1/s1. The van der Waals surface area contributed by atoms with Gasteiger partial charge < -0.3 is 30.9 Å². The van der Waals surface area contributed by atoms with Gasteiger partial charge in [-0.25, -0.2) is 0 Å². The number of amides is 5. The van der Waals surface area contributed by atoms with Crippen LogP contribution in [0, 0.1) is 5.92 Å². The maximum absolute atomic E-state index is 13.7. The Bertz CT molecular complexity index is 1060. The highest BCUT2D eigenvalue weighted by Gasteiger charge is 2.38. The Morgan fingerprint density at radius 1 is 0.854 bits per heavy atom. The molecule has 11 nitrogen and oxygen atoms in total. The van der Waals surface area contributed by atoms with Crippen LogP contribution in [0.25, 0.3) is 0 Å². The van der Waals surface area contributed by atoms with Gasteiger partial charge in [0.25, 0.3) is 11.8 Å². The smallest absolute Gasteiger partial charge is 0.257 e. The van der Waals surface area contributed by atoms with Crippen molar-refractivity contribution in [3.8, 4) is 5.75 Å². The highest BCUT2D eigenvalue weighted by Crippen LogP contribution is 2.22. The molecule has 0 saturated carbocycles. The van der Waals surface area contributed by atoms with Gasteiger partial charge in [0.15, 0.2) is 6.61 Å². The second kappa shape index (κ2) is 16.6. The minimum absolute atomic E-state index is 0.0917. The molecular formula is C30H45N5O6. The first-order valence-electron chi connectivity index (χ1n) is 14.9. The SMILES string of the molecule is CC(C)C[C@H]1NC(=O)c2ccccc2OCC(=O)NCCCCCCCCNC(=O)CNC(=O)[C@H]2CCCN2C1=O. The Morgan fingerprint density at radius 3 is 2.22 bits per heavy atom. The summed E-state index contributed by atoms with van der Waals surface area (Å²) in [7, 11) is 0. The van der Waals surface area contributed by atoms with Crippen molar-refractivity contribution < 1.29 is 28.7 Å². The lowest BCUT2D eigenvalue weighted by Gasteiger charge is -2.29. The van der Waals surface area contributed by atoms with Crippen LogP contribution in [-0.4, -0.2) is 79.3 Å². The number of ether oxygens (including phenoxy) is 1. The molecule has 2 atom stereocenters. The highest BCUT2D eigenvalue weighted by atomic mass is 16.5. The molecule has 3 rings (SSSR count). The lowest BCUT2D eigenvalue weighted by atomic mass is 10.0. The van der Waals surface area contributed by atoms with Crippen LogP contribution in [0.2, 0.25) is 0 Å². The number of nitrogens with one attached hydrogen (secondary N) is 4. The van der Waals surface area contributed by atoms with Gasteiger partial charge in [-0.1, -0.05) is 51.7 Å². The quantitative estimate of drug-likeness (QED) is 0.427. The largest absolute Gasteiger partial charge is 0.483 e. The molecule has 0 unspecified atom stereocenters. The van der Waals surface area contributed by atoms with Gasteiger partial charge in [0, 0.05) is 19.6 Å². The molecule has 41 heavy (non-hydrogen) atoms. The van der Waals surface area contributed by atoms with Crippen molar-refractivity contribution in [2.75, 3.05) is 32.8 Å². The molecule has 1 fully saturated rings. The molecule has 4 N–H and O–H groups in total. The lowest BCUT2D eigenvalue weighted by Crippen LogP contribution is -2.54. The zero-order chi connectivity index (χ0) is 29.6. The summed E-state index contributed by atoms with van der Waals surface area (Å²) in [4.78, 5) is 66.1. The van der Waals surface area contributed by atoms with Crippen LogP contribution in [0.3, 0.4) is 0 Å². The summed E-state index contributed by atoms with van der Waals surface area (Å²) in [5, 5.41) is 11.2. The van der Waals surface area contributed by atoms with Crippen molar-refractivity contribution >= 4 is 29.5 Å². The second-order valence-corrected chi connectivity index (χ2v) is 11.2. The maximum atomic E-state index is 13.7. The Balaban J connectivity index is 1.76. The van der Waals surface area contributed by atoms with Crippen molar-refractivity contribution in [1.82, 2.24) is 26.2 Å². The van der Waals surface area contributed by atoms with Gasteiger partial charge in [-0.2, -0.15) is 0 Å². The topological polar surface area (TPSA) is 146 Å². The number of nitrogens with zero attached hydrogens (tertiary/aromatic N) is 1. The highest BCUT2D eigenvalue weighted by molar-refractivity contribution is 6.00. The summed E-state index contributed by atoms with van der Waals surface area (Å²) < 4.78 is 5.70. The summed E-state index contributed by atoms with van der Waals surface area (Å²) in [5.74, 6) is -1.40.